The Labute approximate surface area is 194 Å². The molecular formula is C21H23F3N6O3S. The van der Waals surface area contributed by atoms with Crippen LogP contribution in [0.15, 0.2) is 41.3 Å². The zero-order valence-corrected chi connectivity index (χ0v) is 19.4. The molecule has 1 atom stereocenters. The molecule has 1 aliphatic rings. The Morgan fingerprint density at radius 3 is 2.68 bits per heavy atom. The normalized spacial score (nSPS) is 17.7. The molecule has 0 aliphatic carbocycles. The van der Waals surface area contributed by atoms with Crippen LogP contribution < -0.4 is 14.8 Å². The number of nitrogens with zero attached hydrogens (tertiary/aromatic N) is 4. The van der Waals surface area contributed by atoms with Crippen molar-refractivity contribution in [3.63, 3.8) is 0 Å². The van der Waals surface area contributed by atoms with Gasteiger partial charge in [0.05, 0.1) is 16.6 Å². The molecule has 2 N–H and O–H groups in total. The lowest BCUT2D eigenvalue weighted by molar-refractivity contribution is -0.142. The van der Waals surface area contributed by atoms with Crippen molar-refractivity contribution < 1.29 is 26.3 Å². The minimum absolute atomic E-state index is 0.0521. The molecule has 2 aromatic heterocycles. The fourth-order valence-corrected chi connectivity index (χ4v) is 4.60. The van der Waals surface area contributed by atoms with Crippen molar-refractivity contribution in [2.24, 2.45) is 5.92 Å². The standard InChI is InChI=1S/C21H23F3N6O3S/c1-12(2)7-15-11-33-19-10-18(30-17(21(22,23)24)8-13(3)28-30)26-20(27-19)29-34(31,32)16-6-4-5-14(9-16)25-15/h4-6,8-10,12,15,25H,7,11H2,1-3H3,(H,26,27,29)/t15-/m1/s1. The maximum Gasteiger partial charge on any atom is 0.433 e. The van der Waals surface area contributed by atoms with E-state index in [1.807, 2.05) is 13.8 Å². The van der Waals surface area contributed by atoms with Gasteiger partial charge in [-0.25, -0.2) is 17.8 Å². The molecule has 3 aromatic rings. The molecule has 1 aliphatic heterocycles. The number of aromatic nitrogens is 4. The van der Waals surface area contributed by atoms with E-state index in [9.17, 15) is 21.6 Å². The molecule has 13 heteroatoms. The van der Waals surface area contributed by atoms with Gasteiger partial charge in [-0.15, -0.1) is 0 Å². The first-order valence-corrected chi connectivity index (χ1v) is 11.9. The molecule has 4 bridgehead atoms. The summed E-state index contributed by atoms with van der Waals surface area (Å²) in [5.74, 6) is -0.528. The molecule has 4 rings (SSSR count). The molecule has 0 radical (unpaired) electrons. The highest BCUT2D eigenvalue weighted by atomic mass is 32.2. The van der Waals surface area contributed by atoms with Crippen molar-refractivity contribution in [1.29, 1.82) is 0 Å². The molecule has 0 saturated heterocycles. The van der Waals surface area contributed by atoms with Crippen LogP contribution in [0.1, 0.15) is 31.7 Å². The van der Waals surface area contributed by atoms with Crippen molar-refractivity contribution >= 4 is 21.7 Å². The summed E-state index contributed by atoms with van der Waals surface area (Å²) in [5, 5.41) is 7.16. The van der Waals surface area contributed by atoms with Crippen LogP contribution in [0, 0.1) is 12.8 Å². The summed E-state index contributed by atoms with van der Waals surface area (Å²) in [6.45, 7) is 5.61. The van der Waals surface area contributed by atoms with Crippen LogP contribution in [0.3, 0.4) is 0 Å². The Morgan fingerprint density at radius 1 is 1.21 bits per heavy atom. The zero-order chi connectivity index (χ0) is 24.7. The van der Waals surface area contributed by atoms with E-state index in [1.165, 1.54) is 25.1 Å². The van der Waals surface area contributed by atoms with Crippen molar-refractivity contribution in [1.82, 2.24) is 19.7 Å². The van der Waals surface area contributed by atoms with Gasteiger partial charge in [0, 0.05) is 11.8 Å². The molecule has 34 heavy (non-hydrogen) atoms. The smallest absolute Gasteiger partial charge is 0.433 e. The number of alkyl halides is 3. The summed E-state index contributed by atoms with van der Waals surface area (Å²) in [6.07, 6.45) is -4.02. The Kier molecular flexibility index (Phi) is 6.14. The van der Waals surface area contributed by atoms with Gasteiger partial charge >= 0.3 is 6.18 Å². The third kappa shape index (κ3) is 5.24. The van der Waals surface area contributed by atoms with Gasteiger partial charge in [0.1, 0.15) is 12.3 Å². The predicted octanol–water partition coefficient (Wildman–Crippen LogP) is 4.01. The predicted molar refractivity (Wildman–Crippen MR) is 119 cm³/mol. The van der Waals surface area contributed by atoms with Crippen molar-refractivity contribution in [3.8, 4) is 11.7 Å². The largest absolute Gasteiger partial charge is 0.475 e. The van der Waals surface area contributed by atoms with E-state index in [0.717, 1.165) is 6.07 Å². The Bertz CT molecular complexity index is 1310. The molecule has 0 spiro atoms. The van der Waals surface area contributed by atoms with Crippen LogP contribution in [0.4, 0.5) is 24.8 Å². The zero-order valence-electron chi connectivity index (χ0n) is 18.6. The summed E-state index contributed by atoms with van der Waals surface area (Å²) < 4.78 is 75.2. The SMILES string of the molecule is Cc1cc(C(F)(F)F)n(-c2cc3nc(n2)NS(=O)(=O)c2cccc(c2)N[C@H](CC(C)C)CO3)n1. The number of fused-ring (bicyclic) bond motifs is 4. The fraction of sp³-hybridized carbons (Fsp3) is 0.381. The summed E-state index contributed by atoms with van der Waals surface area (Å²) in [4.78, 5) is 8.01. The van der Waals surface area contributed by atoms with Crippen LogP contribution in [-0.4, -0.2) is 40.8 Å². The van der Waals surface area contributed by atoms with Crippen molar-refractivity contribution in [2.75, 3.05) is 16.6 Å². The highest BCUT2D eigenvalue weighted by Gasteiger charge is 2.36. The first kappa shape index (κ1) is 23.8. The minimum Gasteiger partial charge on any atom is -0.475 e. The quantitative estimate of drug-likeness (QED) is 0.564. The van der Waals surface area contributed by atoms with Crippen molar-refractivity contribution in [3.05, 3.63) is 47.8 Å². The van der Waals surface area contributed by atoms with Gasteiger partial charge in [0.2, 0.25) is 11.8 Å². The summed E-state index contributed by atoms with van der Waals surface area (Å²) >= 11 is 0. The number of halogens is 3. The van der Waals surface area contributed by atoms with E-state index in [1.54, 1.807) is 12.1 Å². The Hall–Kier alpha value is -3.35. The maximum absolute atomic E-state index is 13.6. The Morgan fingerprint density at radius 2 is 1.97 bits per heavy atom. The van der Waals surface area contributed by atoms with E-state index in [4.69, 9.17) is 4.74 Å². The van der Waals surface area contributed by atoms with Crippen molar-refractivity contribution in [2.45, 2.75) is 44.3 Å². The van der Waals surface area contributed by atoms with Crippen LogP contribution in [0.2, 0.25) is 0 Å². The molecule has 0 amide bonds. The van der Waals surface area contributed by atoms with Gasteiger partial charge in [0.15, 0.2) is 5.82 Å². The number of hydrogen-bond acceptors (Lipinski definition) is 7. The second-order valence-corrected chi connectivity index (χ2v) is 10.1. The first-order valence-electron chi connectivity index (χ1n) is 10.5. The number of nitrogens with one attached hydrogen (secondary N) is 2. The Balaban J connectivity index is 1.84. The average molecular weight is 497 g/mol. The van der Waals surface area contributed by atoms with Gasteiger partial charge in [-0.1, -0.05) is 19.9 Å². The lowest BCUT2D eigenvalue weighted by atomic mass is 10.0. The summed E-state index contributed by atoms with van der Waals surface area (Å²) in [5.41, 5.74) is -0.357. The topological polar surface area (TPSA) is 111 Å². The molecule has 9 nitrogen and oxygen atoms in total. The van der Waals surface area contributed by atoms with Gasteiger partial charge in [-0.3, -0.25) is 0 Å². The van der Waals surface area contributed by atoms with E-state index >= 15 is 0 Å². The number of benzene rings is 1. The van der Waals surface area contributed by atoms with Crippen LogP contribution in [-0.2, 0) is 16.2 Å². The minimum atomic E-state index is -4.71. The van der Waals surface area contributed by atoms with E-state index in [2.05, 4.69) is 25.1 Å². The van der Waals surface area contributed by atoms with E-state index < -0.39 is 27.8 Å². The second-order valence-electron chi connectivity index (χ2n) is 8.38. The van der Waals surface area contributed by atoms with Crippen LogP contribution in [0.25, 0.3) is 5.82 Å². The van der Waals surface area contributed by atoms with Gasteiger partial charge < -0.3 is 10.1 Å². The molecular weight excluding hydrogens is 473 g/mol. The molecule has 3 heterocycles. The third-order valence-electron chi connectivity index (χ3n) is 4.96. The van der Waals surface area contributed by atoms with Crippen LogP contribution >= 0.6 is 0 Å². The van der Waals surface area contributed by atoms with E-state index in [-0.39, 0.29) is 34.9 Å². The highest BCUT2D eigenvalue weighted by Crippen LogP contribution is 2.32. The van der Waals surface area contributed by atoms with E-state index in [0.29, 0.717) is 22.7 Å². The summed E-state index contributed by atoms with van der Waals surface area (Å²) in [7, 11) is -4.14. The number of hydrogen-bond donors (Lipinski definition) is 2. The number of aryl methyl sites for hydroxylation is 1. The molecule has 0 saturated carbocycles. The number of anilines is 2. The molecule has 0 unspecified atom stereocenters. The number of ether oxygens (including phenoxy) is 1. The molecule has 0 fully saturated rings. The lowest BCUT2D eigenvalue weighted by Gasteiger charge is -2.23. The highest BCUT2D eigenvalue weighted by molar-refractivity contribution is 7.92. The second kappa shape index (κ2) is 8.78. The number of rotatable bonds is 3. The number of sulfonamides is 1. The van der Waals surface area contributed by atoms with Crippen LogP contribution in [0.5, 0.6) is 5.88 Å². The third-order valence-corrected chi connectivity index (χ3v) is 6.28. The lowest BCUT2D eigenvalue weighted by Crippen LogP contribution is -2.29. The maximum atomic E-state index is 13.6. The first-order chi connectivity index (χ1) is 15.9. The molecule has 182 valence electrons. The molecule has 1 aromatic carbocycles. The fourth-order valence-electron chi connectivity index (χ4n) is 3.61. The van der Waals surface area contributed by atoms with Gasteiger partial charge in [-0.2, -0.15) is 28.2 Å². The van der Waals surface area contributed by atoms with Gasteiger partial charge in [-0.05, 0) is 43.5 Å². The monoisotopic (exact) mass is 496 g/mol. The van der Waals surface area contributed by atoms with Gasteiger partial charge in [0.25, 0.3) is 10.0 Å². The summed E-state index contributed by atoms with van der Waals surface area (Å²) in [6, 6.07) is 8.03. The average Bonchev–Trinajstić information content (AvgIpc) is 3.13.